The smallest absolute Gasteiger partial charge is 0.309 e. The number of aliphatic hydroxyl groups excluding tert-OH is 1. The van der Waals surface area contributed by atoms with E-state index in [-0.39, 0.29) is 29.1 Å². The molecule has 3 aliphatic rings. The van der Waals surface area contributed by atoms with Gasteiger partial charge in [0, 0.05) is 24.7 Å². The number of aromatic nitrogens is 2. The number of aliphatic hydroxyl groups is 1. The first-order chi connectivity index (χ1) is 13.1. The normalized spacial score (nSPS) is 34.7. The van der Waals surface area contributed by atoms with Crippen LogP contribution in [-0.4, -0.2) is 56.4 Å². The number of hydrogen-bond donors (Lipinski definition) is 3. The minimum absolute atomic E-state index is 0.0526. The van der Waals surface area contributed by atoms with Gasteiger partial charge in [-0.15, -0.1) is 0 Å². The summed E-state index contributed by atoms with van der Waals surface area (Å²) in [5.74, 6) is -0.416. The lowest BCUT2D eigenvalue weighted by atomic mass is 9.64. The highest BCUT2D eigenvalue weighted by molar-refractivity contribution is 5.85. The second-order valence-electron chi connectivity index (χ2n) is 9.80. The molecule has 7 heteroatoms. The first kappa shape index (κ1) is 19.4. The number of nitrogens with one attached hydrogen (secondary N) is 1. The number of nitrogens with zero attached hydrogens (tertiary/aromatic N) is 2. The van der Waals surface area contributed by atoms with E-state index in [1.807, 2.05) is 11.0 Å². The Bertz CT molecular complexity index is 795. The van der Waals surface area contributed by atoms with E-state index in [1.54, 1.807) is 0 Å². The van der Waals surface area contributed by atoms with Crippen molar-refractivity contribution in [3.63, 3.8) is 0 Å². The van der Waals surface area contributed by atoms with Gasteiger partial charge in [0.05, 0.1) is 23.6 Å². The fourth-order valence-corrected chi connectivity index (χ4v) is 6.12. The number of amides is 1. The first-order valence-electron chi connectivity index (χ1n) is 10.3. The van der Waals surface area contributed by atoms with E-state index in [2.05, 4.69) is 31.0 Å². The summed E-state index contributed by atoms with van der Waals surface area (Å²) in [5, 5.41) is 26.7. The number of rotatable bonds is 4. The molecule has 2 bridgehead atoms. The molecule has 3 fully saturated rings. The molecule has 0 unspecified atom stereocenters. The predicted molar refractivity (Wildman–Crippen MR) is 103 cm³/mol. The Morgan fingerprint density at radius 1 is 1.25 bits per heavy atom. The average molecular weight is 389 g/mol. The van der Waals surface area contributed by atoms with Gasteiger partial charge in [-0.3, -0.25) is 14.7 Å². The summed E-state index contributed by atoms with van der Waals surface area (Å²) in [6.07, 6.45) is 3.55. The molecule has 4 rings (SSSR count). The van der Waals surface area contributed by atoms with Crippen molar-refractivity contribution in [2.24, 2.45) is 16.2 Å². The van der Waals surface area contributed by atoms with Gasteiger partial charge in [-0.1, -0.05) is 20.8 Å². The highest BCUT2D eigenvalue weighted by atomic mass is 16.4. The molecule has 1 aromatic heterocycles. The second kappa shape index (κ2) is 6.31. The lowest BCUT2D eigenvalue weighted by Gasteiger charge is -2.44. The molecule has 0 aromatic carbocycles. The van der Waals surface area contributed by atoms with E-state index < -0.39 is 17.5 Å². The van der Waals surface area contributed by atoms with Crippen LogP contribution in [0.4, 0.5) is 0 Å². The lowest BCUT2D eigenvalue weighted by Crippen LogP contribution is -2.50. The van der Waals surface area contributed by atoms with Gasteiger partial charge in [-0.05, 0) is 49.0 Å². The minimum Gasteiger partial charge on any atom is -0.481 e. The Kier molecular flexibility index (Phi) is 4.38. The highest BCUT2D eigenvalue weighted by Crippen LogP contribution is 2.72. The zero-order chi connectivity index (χ0) is 20.3. The lowest BCUT2D eigenvalue weighted by molar-refractivity contribution is -0.148. The number of aliphatic carboxylic acids is 1. The molecule has 1 amide bonds. The summed E-state index contributed by atoms with van der Waals surface area (Å²) in [6.45, 7) is 7.84. The van der Waals surface area contributed by atoms with E-state index >= 15 is 0 Å². The standard InChI is InChI=1S/C21H31N3O4/c1-19(2)20(3)6-7-21(19,12-16(20)25)18(28)24-8-4-13(5-9-24)15-10-14(22-23-15)11-17(26)27/h10,13,16,25H,4-9,11-12H2,1-3H3,(H,22,23)(H,26,27)/t16-,20+,21-/m0/s1. The third-order valence-corrected chi connectivity index (χ3v) is 8.57. The van der Waals surface area contributed by atoms with Crippen molar-refractivity contribution in [2.75, 3.05) is 13.1 Å². The van der Waals surface area contributed by atoms with Crippen molar-refractivity contribution < 1.29 is 19.8 Å². The summed E-state index contributed by atoms with van der Waals surface area (Å²) in [6, 6.07) is 1.84. The monoisotopic (exact) mass is 389 g/mol. The molecule has 0 spiro atoms. The Labute approximate surface area is 165 Å². The van der Waals surface area contributed by atoms with Gasteiger partial charge in [0.25, 0.3) is 0 Å². The van der Waals surface area contributed by atoms with Gasteiger partial charge in [0.15, 0.2) is 0 Å². The van der Waals surface area contributed by atoms with Gasteiger partial charge in [0.2, 0.25) is 5.91 Å². The van der Waals surface area contributed by atoms with Crippen LogP contribution in [0.5, 0.6) is 0 Å². The van der Waals surface area contributed by atoms with Crippen LogP contribution < -0.4 is 0 Å². The van der Waals surface area contributed by atoms with Crippen molar-refractivity contribution in [3.8, 4) is 0 Å². The van der Waals surface area contributed by atoms with E-state index in [1.165, 1.54) is 0 Å². The number of carboxylic acids is 1. The van der Waals surface area contributed by atoms with Crippen molar-refractivity contribution in [2.45, 2.75) is 71.3 Å². The van der Waals surface area contributed by atoms with E-state index in [9.17, 15) is 14.7 Å². The fraction of sp³-hybridized carbons (Fsp3) is 0.762. The van der Waals surface area contributed by atoms with Crippen LogP contribution in [0.2, 0.25) is 0 Å². The van der Waals surface area contributed by atoms with Gasteiger partial charge >= 0.3 is 5.97 Å². The maximum absolute atomic E-state index is 13.6. The topological polar surface area (TPSA) is 107 Å². The minimum atomic E-state index is -0.875. The number of carbonyl (C=O) groups excluding carboxylic acids is 1. The van der Waals surface area contributed by atoms with Crippen LogP contribution in [0.3, 0.4) is 0 Å². The van der Waals surface area contributed by atoms with Gasteiger partial charge in [-0.2, -0.15) is 5.10 Å². The van der Waals surface area contributed by atoms with Crippen molar-refractivity contribution >= 4 is 11.9 Å². The van der Waals surface area contributed by atoms with Crippen molar-refractivity contribution in [3.05, 3.63) is 17.5 Å². The number of carbonyl (C=O) groups is 2. The number of carboxylic acid groups (broad SMARTS) is 1. The van der Waals surface area contributed by atoms with Crippen LogP contribution in [-0.2, 0) is 16.0 Å². The number of fused-ring (bicyclic) bond motifs is 2. The number of H-pyrrole nitrogens is 1. The molecule has 1 aromatic rings. The van der Waals surface area contributed by atoms with E-state index in [0.717, 1.165) is 31.4 Å². The van der Waals surface area contributed by atoms with Crippen molar-refractivity contribution in [1.82, 2.24) is 15.1 Å². The molecular weight excluding hydrogens is 358 g/mol. The van der Waals surface area contributed by atoms with Crippen LogP contribution >= 0.6 is 0 Å². The Balaban J connectivity index is 1.44. The molecule has 3 N–H and O–H groups in total. The number of aromatic amines is 1. The van der Waals surface area contributed by atoms with Gasteiger partial charge in [-0.25, -0.2) is 0 Å². The zero-order valence-corrected chi connectivity index (χ0v) is 17.0. The Hall–Kier alpha value is -1.89. The largest absolute Gasteiger partial charge is 0.481 e. The molecule has 154 valence electrons. The first-order valence-corrected chi connectivity index (χ1v) is 10.3. The molecular formula is C21H31N3O4. The predicted octanol–water partition coefficient (Wildman–Crippen LogP) is 2.32. The summed E-state index contributed by atoms with van der Waals surface area (Å²) in [7, 11) is 0. The number of piperidine rings is 1. The number of likely N-dealkylation sites (tertiary alicyclic amines) is 1. The Morgan fingerprint density at radius 2 is 1.93 bits per heavy atom. The molecule has 2 aliphatic carbocycles. The fourth-order valence-electron chi connectivity index (χ4n) is 6.12. The molecule has 7 nitrogen and oxygen atoms in total. The molecule has 3 atom stereocenters. The van der Waals surface area contributed by atoms with Crippen LogP contribution in [0.15, 0.2) is 6.07 Å². The van der Waals surface area contributed by atoms with Crippen LogP contribution in [0, 0.1) is 16.2 Å². The van der Waals surface area contributed by atoms with Crippen LogP contribution in [0.1, 0.15) is 70.2 Å². The maximum atomic E-state index is 13.6. The second-order valence-corrected chi connectivity index (χ2v) is 9.80. The SMILES string of the molecule is CC1(C)[C@@]2(C(=O)N3CCC(c4cc(CC(=O)O)[nH]n4)CC3)CC[C@]1(C)[C@@H](O)C2. The third-order valence-electron chi connectivity index (χ3n) is 8.57. The molecule has 2 heterocycles. The molecule has 1 aliphatic heterocycles. The van der Waals surface area contributed by atoms with Gasteiger partial charge < -0.3 is 15.1 Å². The maximum Gasteiger partial charge on any atom is 0.309 e. The van der Waals surface area contributed by atoms with Crippen molar-refractivity contribution in [1.29, 1.82) is 0 Å². The summed E-state index contributed by atoms with van der Waals surface area (Å²) in [4.78, 5) is 26.4. The highest BCUT2D eigenvalue weighted by Gasteiger charge is 2.72. The molecule has 1 saturated heterocycles. The number of hydrogen-bond acceptors (Lipinski definition) is 4. The Morgan fingerprint density at radius 3 is 2.46 bits per heavy atom. The summed E-state index contributed by atoms with van der Waals surface area (Å²) < 4.78 is 0. The van der Waals surface area contributed by atoms with E-state index in [0.29, 0.717) is 25.2 Å². The van der Waals surface area contributed by atoms with Gasteiger partial charge in [0.1, 0.15) is 0 Å². The molecule has 2 saturated carbocycles. The summed E-state index contributed by atoms with van der Waals surface area (Å²) >= 11 is 0. The summed E-state index contributed by atoms with van der Waals surface area (Å²) in [5.41, 5.74) is 0.672. The quantitative estimate of drug-likeness (QED) is 0.733. The third kappa shape index (κ3) is 2.55. The molecule has 28 heavy (non-hydrogen) atoms. The van der Waals surface area contributed by atoms with Crippen LogP contribution in [0.25, 0.3) is 0 Å². The molecule has 0 radical (unpaired) electrons. The van der Waals surface area contributed by atoms with E-state index in [4.69, 9.17) is 5.11 Å². The zero-order valence-electron chi connectivity index (χ0n) is 17.0. The average Bonchev–Trinajstić information content (AvgIpc) is 3.22.